The highest BCUT2D eigenvalue weighted by Crippen LogP contribution is 2.23. The lowest BCUT2D eigenvalue weighted by Crippen LogP contribution is -2.60. The number of aliphatic hydroxyl groups excluding tert-OH is 5. The molecule has 0 aliphatic carbocycles. The average molecular weight is 906 g/mol. The molecular formula is C55H103NO8. The number of nitrogens with one attached hydrogen (secondary N) is 1. The fourth-order valence-corrected chi connectivity index (χ4v) is 8.60. The van der Waals surface area contributed by atoms with Crippen molar-refractivity contribution >= 4 is 5.91 Å². The Morgan fingerprint density at radius 3 is 1.31 bits per heavy atom. The van der Waals surface area contributed by atoms with Crippen LogP contribution in [-0.2, 0) is 14.3 Å². The standard InChI is InChI=1S/C55H103NO8/c1-3-5-7-9-11-13-15-17-19-20-21-22-23-24-25-26-27-28-29-31-32-34-36-38-40-42-44-49(58)48(47-63-55-54(62)53(61)52(60)50(46-57)64-55)56-51(59)45-43-41-39-37-35-33-30-18-16-14-12-10-8-6-4-2/h28-29,34,36,42,44,48-50,52-55,57-58,60-62H,3-27,30-33,35,37-41,43,45-47H2,1-2H3,(H,56,59)/b29-28+,36-34+,44-42+. The lowest BCUT2D eigenvalue weighted by Gasteiger charge is -2.40. The average Bonchev–Trinajstić information content (AvgIpc) is 3.29. The highest BCUT2D eigenvalue weighted by atomic mass is 16.7. The van der Waals surface area contributed by atoms with Crippen molar-refractivity contribution in [3.05, 3.63) is 36.5 Å². The third-order valence-corrected chi connectivity index (χ3v) is 12.9. The van der Waals surface area contributed by atoms with Crippen LogP contribution < -0.4 is 5.32 Å². The van der Waals surface area contributed by atoms with E-state index >= 15 is 0 Å². The van der Waals surface area contributed by atoms with E-state index in [1.165, 1.54) is 186 Å². The van der Waals surface area contributed by atoms with Crippen LogP contribution in [0, 0.1) is 0 Å². The molecule has 0 bridgehead atoms. The molecule has 6 N–H and O–H groups in total. The molecule has 7 atom stereocenters. The molecule has 0 aromatic rings. The van der Waals surface area contributed by atoms with Crippen molar-refractivity contribution < 1.29 is 39.8 Å². The summed E-state index contributed by atoms with van der Waals surface area (Å²) in [6, 6.07) is -0.825. The molecule has 1 amide bonds. The van der Waals surface area contributed by atoms with Crippen LogP contribution in [-0.4, -0.2) is 87.5 Å². The zero-order chi connectivity index (χ0) is 46.6. The van der Waals surface area contributed by atoms with Gasteiger partial charge in [0.25, 0.3) is 0 Å². The van der Waals surface area contributed by atoms with Gasteiger partial charge in [-0.2, -0.15) is 0 Å². The molecular weight excluding hydrogens is 803 g/mol. The second-order valence-corrected chi connectivity index (χ2v) is 19.0. The Balaban J connectivity index is 2.28. The number of aliphatic hydroxyl groups is 5. The molecule has 0 spiro atoms. The number of amides is 1. The third-order valence-electron chi connectivity index (χ3n) is 12.9. The van der Waals surface area contributed by atoms with Gasteiger partial charge in [-0.15, -0.1) is 0 Å². The highest BCUT2D eigenvalue weighted by molar-refractivity contribution is 5.76. The summed E-state index contributed by atoms with van der Waals surface area (Å²) in [5.74, 6) is -0.188. The molecule has 0 aromatic heterocycles. The van der Waals surface area contributed by atoms with Crippen molar-refractivity contribution in [3.8, 4) is 0 Å². The molecule has 0 saturated carbocycles. The molecule has 1 heterocycles. The van der Waals surface area contributed by atoms with Crippen LogP contribution in [0.2, 0.25) is 0 Å². The molecule has 0 aromatic carbocycles. The Morgan fingerprint density at radius 2 is 0.891 bits per heavy atom. The van der Waals surface area contributed by atoms with Gasteiger partial charge < -0.3 is 40.3 Å². The molecule has 0 radical (unpaired) electrons. The van der Waals surface area contributed by atoms with E-state index in [4.69, 9.17) is 9.47 Å². The number of ether oxygens (including phenoxy) is 2. The van der Waals surface area contributed by atoms with Crippen molar-refractivity contribution in [2.24, 2.45) is 0 Å². The molecule has 1 saturated heterocycles. The topological polar surface area (TPSA) is 149 Å². The van der Waals surface area contributed by atoms with E-state index in [2.05, 4.69) is 43.5 Å². The SMILES string of the molecule is CCCCCCCCCCCCCCCCCC/C=C/CC/C=C/CC/C=C/C(O)C(COC1OC(CO)C(O)C(O)C1O)NC(=O)CCCCCCCCCCCCCCCCC. The predicted molar refractivity (Wildman–Crippen MR) is 267 cm³/mol. The minimum absolute atomic E-state index is 0.188. The van der Waals surface area contributed by atoms with Crippen LogP contribution in [0.3, 0.4) is 0 Å². The summed E-state index contributed by atoms with van der Waals surface area (Å²) in [7, 11) is 0. The Morgan fingerprint density at radius 1 is 0.516 bits per heavy atom. The fraction of sp³-hybridized carbons (Fsp3) is 0.873. The monoisotopic (exact) mass is 906 g/mol. The minimum atomic E-state index is -1.57. The normalized spacial score (nSPS) is 20.3. The summed E-state index contributed by atoms with van der Waals surface area (Å²) in [5, 5.41) is 54.4. The Labute approximate surface area is 393 Å². The molecule has 376 valence electrons. The van der Waals surface area contributed by atoms with Gasteiger partial charge in [-0.25, -0.2) is 0 Å². The number of rotatable bonds is 46. The highest BCUT2D eigenvalue weighted by Gasteiger charge is 2.44. The summed E-state index contributed by atoms with van der Waals surface area (Å²) in [6.45, 7) is 3.77. The summed E-state index contributed by atoms with van der Waals surface area (Å²) in [5.41, 5.74) is 0. The molecule has 1 aliphatic heterocycles. The van der Waals surface area contributed by atoms with Crippen LogP contribution in [0.25, 0.3) is 0 Å². The van der Waals surface area contributed by atoms with Gasteiger partial charge in [0, 0.05) is 6.42 Å². The van der Waals surface area contributed by atoms with Crippen LogP contribution in [0.15, 0.2) is 36.5 Å². The van der Waals surface area contributed by atoms with Gasteiger partial charge in [0.05, 0.1) is 25.4 Å². The molecule has 1 aliphatic rings. The number of hydrogen-bond acceptors (Lipinski definition) is 8. The quantitative estimate of drug-likeness (QED) is 0.0261. The van der Waals surface area contributed by atoms with Gasteiger partial charge in [0.2, 0.25) is 5.91 Å². The maximum Gasteiger partial charge on any atom is 0.220 e. The van der Waals surface area contributed by atoms with E-state index in [-0.39, 0.29) is 12.5 Å². The van der Waals surface area contributed by atoms with E-state index in [0.717, 1.165) is 44.9 Å². The Hall–Kier alpha value is -1.59. The van der Waals surface area contributed by atoms with Crippen molar-refractivity contribution in [1.82, 2.24) is 5.32 Å². The first-order chi connectivity index (χ1) is 31.3. The number of carbonyl (C=O) groups excluding carboxylic acids is 1. The first kappa shape index (κ1) is 60.4. The van der Waals surface area contributed by atoms with Crippen LogP contribution in [0.1, 0.15) is 251 Å². The van der Waals surface area contributed by atoms with Gasteiger partial charge >= 0.3 is 0 Å². The molecule has 9 heteroatoms. The lowest BCUT2D eigenvalue weighted by molar-refractivity contribution is -0.302. The van der Waals surface area contributed by atoms with Gasteiger partial charge in [-0.1, -0.05) is 237 Å². The Bertz CT molecular complexity index is 1100. The van der Waals surface area contributed by atoms with Crippen molar-refractivity contribution in [2.45, 2.75) is 294 Å². The first-order valence-corrected chi connectivity index (χ1v) is 27.2. The summed E-state index contributed by atoms with van der Waals surface area (Å²) >= 11 is 0. The number of carbonyl (C=O) groups is 1. The first-order valence-electron chi connectivity index (χ1n) is 27.2. The smallest absolute Gasteiger partial charge is 0.220 e. The van der Waals surface area contributed by atoms with E-state index in [0.29, 0.717) is 6.42 Å². The summed E-state index contributed by atoms with van der Waals surface area (Å²) in [4.78, 5) is 13.0. The minimum Gasteiger partial charge on any atom is -0.394 e. The van der Waals surface area contributed by atoms with Crippen molar-refractivity contribution in [3.63, 3.8) is 0 Å². The summed E-state index contributed by atoms with van der Waals surface area (Å²) < 4.78 is 11.2. The zero-order valence-electron chi connectivity index (χ0n) is 41.5. The van der Waals surface area contributed by atoms with Gasteiger partial charge in [0.15, 0.2) is 6.29 Å². The number of allylic oxidation sites excluding steroid dienone is 5. The largest absolute Gasteiger partial charge is 0.394 e. The van der Waals surface area contributed by atoms with Crippen LogP contribution >= 0.6 is 0 Å². The second kappa shape index (κ2) is 45.2. The zero-order valence-corrected chi connectivity index (χ0v) is 41.5. The van der Waals surface area contributed by atoms with E-state index in [1.807, 2.05) is 6.08 Å². The fourth-order valence-electron chi connectivity index (χ4n) is 8.60. The van der Waals surface area contributed by atoms with Gasteiger partial charge in [-0.3, -0.25) is 4.79 Å². The van der Waals surface area contributed by atoms with Gasteiger partial charge in [0.1, 0.15) is 24.4 Å². The summed E-state index contributed by atoms with van der Waals surface area (Å²) in [6.07, 6.45) is 50.7. The predicted octanol–water partition coefficient (Wildman–Crippen LogP) is 12.8. The molecule has 7 unspecified atom stereocenters. The number of hydrogen-bond donors (Lipinski definition) is 6. The molecule has 9 nitrogen and oxygen atoms in total. The molecule has 64 heavy (non-hydrogen) atoms. The maximum atomic E-state index is 13.0. The Kier molecular flexibility index (Phi) is 42.7. The van der Waals surface area contributed by atoms with E-state index in [1.54, 1.807) is 6.08 Å². The van der Waals surface area contributed by atoms with Crippen LogP contribution in [0.4, 0.5) is 0 Å². The van der Waals surface area contributed by atoms with Gasteiger partial charge in [-0.05, 0) is 44.9 Å². The van der Waals surface area contributed by atoms with Crippen molar-refractivity contribution in [1.29, 1.82) is 0 Å². The van der Waals surface area contributed by atoms with Crippen molar-refractivity contribution in [2.75, 3.05) is 13.2 Å². The second-order valence-electron chi connectivity index (χ2n) is 19.0. The molecule has 1 fully saturated rings. The van der Waals surface area contributed by atoms with E-state index in [9.17, 15) is 30.3 Å². The van der Waals surface area contributed by atoms with E-state index < -0.39 is 49.5 Å². The number of unbranched alkanes of at least 4 members (excludes halogenated alkanes) is 32. The maximum absolute atomic E-state index is 13.0. The molecule has 1 rings (SSSR count). The van der Waals surface area contributed by atoms with Crippen LogP contribution in [0.5, 0.6) is 0 Å². The third kappa shape index (κ3) is 34.7. The lowest BCUT2D eigenvalue weighted by atomic mass is 9.99.